The second kappa shape index (κ2) is 6.27. The van der Waals surface area contributed by atoms with E-state index in [1.807, 2.05) is 11.3 Å². The number of rotatable bonds is 3. The molecule has 25 heavy (non-hydrogen) atoms. The summed E-state index contributed by atoms with van der Waals surface area (Å²) in [6.07, 6.45) is 3.36. The maximum absolute atomic E-state index is 2.37. The number of thiophene rings is 1. The molecule has 1 nitrogen and oxygen atoms in total. The van der Waals surface area contributed by atoms with Crippen molar-refractivity contribution in [1.29, 1.82) is 0 Å². The number of nitrogens with zero attached hydrogens (tertiary/aromatic N) is 1. The lowest BCUT2D eigenvalue weighted by molar-refractivity contribution is -0.659. The molecule has 1 unspecified atom stereocenters. The second-order valence-electron chi connectivity index (χ2n) is 7.06. The molecule has 2 heteroatoms. The Balaban J connectivity index is 1.99. The first kappa shape index (κ1) is 16.3. The Morgan fingerprint density at radius 3 is 2.68 bits per heavy atom. The molecule has 4 rings (SSSR count). The van der Waals surface area contributed by atoms with E-state index in [4.69, 9.17) is 0 Å². The van der Waals surface area contributed by atoms with Crippen molar-refractivity contribution in [2.75, 3.05) is 0 Å². The standard InChI is InChI=1S/C23H24NS/c1-5-15(2)17-6-7-20-18(13-17)8-10-24(4)23(20)21-14-22-19(9-11-25-22)12-16(21)3/h6-15H,5H2,1-4H3/q+1. The van der Waals surface area contributed by atoms with E-state index in [1.54, 1.807) is 0 Å². The topological polar surface area (TPSA) is 3.88 Å². The van der Waals surface area contributed by atoms with Gasteiger partial charge in [0, 0.05) is 10.8 Å². The SMILES string of the molecule is CCC(C)c1ccc2c(-c3cc4sccc4cc3C)[n+](C)ccc2c1. The van der Waals surface area contributed by atoms with Gasteiger partial charge in [0.2, 0.25) is 5.69 Å². The molecule has 0 aliphatic heterocycles. The quantitative estimate of drug-likeness (QED) is 0.380. The minimum absolute atomic E-state index is 0.603. The van der Waals surface area contributed by atoms with Crippen LogP contribution in [0, 0.1) is 6.92 Å². The highest BCUT2D eigenvalue weighted by Gasteiger charge is 2.18. The molecule has 2 heterocycles. The van der Waals surface area contributed by atoms with Gasteiger partial charge in [-0.3, -0.25) is 0 Å². The summed E-state index contributed by atoms with van der Waals surface area (Å²) in [5.74, 6) is 0.603. The van der Waals surface area contributed by atoms with Gasteiger partial charge < -0.3 is 0 Å². The summed E-state index contributed by atoms with van der Waals surface area (Å²) in [7, 11) is 2.15. The largest absolute Gasteiger partial charge is 0.220 e. The van der Waals surface area contributed by atoms with E-state index in [2.05, 4.69) is 86.4 Å². The number of fused-ring (bicyclic) bond motifs is 2. The molecule has 0 bridgehead atoms. The first-order valence-electron chi connectivity index (χ1n) is 8.99. The van der Waals surface area contributed by atoms with Crippen LogP contribution in [0.4, 0.5) is 0 Å². The number of hydrogen-bond donors (Lipinski definition) is 0. The van der Waals surface area contributed by atoms with Gasteiger partial charge in [0.25, 0.3) is 0 Å². The van der Waals surface area contributed by atoms with E-state index in [0.717, 1.165) is 0 Å². The van der Waals surface area contributed by atoms with Crippen molar-refractivity contribution in [1.82, 2.24) is 0 Å². The zero-order valence-corrected chi connectivity index (χ0v) is 16.2. The molecule has 4 aromatic rings. The summed E-state index contributed by atoms with van der Waals surface area (Å²) in [6, 6.07) is 16.1. The molecule has 126 valence electrons. The summed E-state index contributed by atoms with van der Waals surface area (Å²) in [6.45, 7) is 6.78. The molecule has 2 aromatic heterocycles. The molecule has 0 fully saturated rings. The van der Waals surface area contributed by atoms with Crippen molar-refractivity contribution in [2.24, 2.45) is 7.05 Å². The molecular weight excluding hydrogens is 322 g/mol. The van der Waals surface area contributed by atoms with E-state index in [-0.39, 0.29) is 0 Å². The normalized spacial score (nSPS) is 12.8. The molecule has 0 spiro atoms. The molecule has 2 aromatic carbocycles. The van der Waals surface area contributed by atoms with Crippen LogP contribution < -0.4 is 4.57 Å². The first-order chi connectivity index (χ1) is 12.1. The van der Waals surface area contributed by atoms with Crippen LogP contribution in [-0.4, -0.2) is 0 Å². The van der Waals surface area contributed by atoms with Crippen LogP contribution >= 0.6 is 11.3 Å². The Kier molecular flexibility index (Phi) is 4.09. The monoisotopic (exact) mass is 346 g/mol. The third-order valence-electron chi connectivity index (χ3n) is 5.40. The predicted molar refractivity (Wildman–Crippen MR) is 109 cm³/mol. The molecule has 0 aliphatic carbocycles. The van der Waals surface area contributed by atoms with Crippen LogP contribution in [-0.2, 0) is 7.05 Å². The van der Waals surface area contributed by atoms with Crippen LogP contribution in [0.2, 0.25) is 0 Å². The summed E-state index contributed by atoms with van der Waals surface area (Å²) < 4.78 is 3.61. The van der Waals surface area contributed by atoms with Gasteiger partial charge in [-0.1, -0.05) is 26.0 Å². The van der Waals surface area contributed by atoms with Gasteiger partial charge in [-0.15, -0.1) is 11.3 Å². The van der Waals surface area contributed by atoms with E-state index in [0.29, 0.717) is 5.92 Å². The molecule has 0 saturated carbocycles. The van der Waals surface area contributed by atoms with Crippen molar-refractivity contribution in [2.45, 2.75) is 33.1 Å². The Labute approximate surface area is 153 Å². The van der Waals surface area contributed by atoms with Crippen molar-refractivity contribution in [3.8, 4) is 11.3 Å². The van der Waals surface area contributed by atoms with Crippen LogP contribution in [0.15, 0.2) is 54.0 Å². The van der Waals surface area contributed by atoms with Gasteiger partial charge >= 0.3 is 0 Å². The molecule has 0 aliphatic rings. The van der Waals surface area contributed by atoms with Gasteiger partial charge in [-0.2, -0.15) is 0 Å². The zero-order chi connectivity index (χ0) is 17.6. The number of hydrogen-bond acceptors (Lipinski definition) is 1. The lowest BCUT2D eigenvalue weighted by atomic mass is 9.93. The van der Waals surface area contributed by atoms with Crippen molar-refractivity contribution in [3.63, 3.8) is 0 Å². The van der Waals surface area contributed by atoms with Gasteiger partial charge in [0.05, 0.1) is 10.9 Å². The van der Waals surface area contributed by atoms with E-state index in [1.165, 1.54) is 49.7 Å². The third kappa shape index (κ3) is 2.75. The fourth-order valence-corrected chi connectivity index (χ4v) is 4.46. The van der Waals surface area contributed by atoms with E-state index < -0.39 is 0 Å². The fourth-order valence-electron chi connectivity index (χ4n) is 3.65. The lowest BCUT2D eigenvalue weighted by Gasteiger charge is -2.12. The smallest absolute Gasteiger partial charge is 0.200 e. The van der Waals surface area contributed by atoms with Crippen LogP contribution in [0.1, 0.15) is 37.3 Å². The maximum Gasteiger partial charge on any atom is 0.220 e. The summed E-state index contributed by atoms with van der Waals surface area (Å²) in [5, 5.41) is 6.18. The lowest BCUT2D eigenvalue weighted by Crippen LogP contribution is -2.30. The summed E-state index contributed by atoms with van der Waals surface area (Å²) in [4.78, 5) is 0. The van der Waals surface area contributed by atoms with Gasteiger partial charge in [-0.25, -0.2) is 4.57 Å². The Bertz CT molecular complexity index is 1070. The second-order valence-corrected chi connectivity index (χ2v) is 8.00. The number of aryl methyl sites for hydroxylation is 2. The average Bonchev–Trinajstić information content (AvgIpc) is 3.07. The third-order valence-corrected chi connectivity index (χ3v) is 6.28. The van der Waals surface area contributed by atoms with Crippen LogP contribution in [0.25, 0.3) is 32.1 Å². The van der Waals surface area contributed by atoms with Crippen molar-refractivity contribution < 1.29 is 4.57 Å². The van der Waals surface area contributed by atoms with Gasteiger partial charge in [0.1, 0.15) is 7.05 Å². The van der Waals surface area contributed by atoms with Crippen LogP contribution in [0.3, 0.4) is 0 Å². The van der Waals surface area contributed by atoms with Gasteiger partial charge in [0.15, 0.2) is 6.20 Å². The summed E-state index contributed by atoms with van der Waals surface area (Å²) >= 11 is 1.82. The van der Waals surface area contributed by atoms with Gasteiger partial charge in [-0.05, 0) is 70.8 Å². The minimum Gasteiger partial charge on any atom is -0.200 e. The number of aromatic nitrogens is 1. The highest BCUT2D eigenvalue weighted by molar-refractivity contribution is 7.17. The minimum atomic E-state index is 0.603. The first-order valence-corrected chi connectivity index (χ1v) is 9.87. The molecule has 0 N–H and O–H groups in total. The average molecular weight is 347 g/mol. The highest BCUT2D eigenvalue weighted by atomic mass is 32.1. The Hall–Kier alpha value is -2.19. The van der Waals surface area contributed by atoms with Crippen molar-refractivity contribution in [3.05, 3.63) is 65.2 Å². The van der Waals surface area contributed by atoms with E-state index >= 15 is 0 Å². The summed E-state index contributed by atoms with van der Waals surface area (Å²) in [5.41, 5.74) is 5.40. The molecular formula is C23H24NS+. The number of pyridine rings is 1. The number of benzene rings is 2. The molecule has 0 amide bonds. The predicted octanol–water partition coefficient (Wildman–Crippen LogP) is 6.37. The Morgan fingerprint density at radius 2 is 1.88 bits per heavy atom. The molecule has 0 saturated heterocycles. The van der Waals surface area contributed by atoms with E-state index in [9.17, 15) is 0 Å². The maximum atomic E-state index is 2.37. The highest BCUT2D eigenvalue weighted by Crippen LogP contribution is 2.34. The Morgan fingerprint density at radius 1 is 1.04 bits per heavy atom. The molecule has 0 radical (unpaired) electrons. The van der Waals surface area contributed by atoms with Crippen molar-refractivity contribution >= 4 is 32.2 Å². The fraction of sp³-hybridized carbons (Fsp3) is 0.261. The molecule has 1 atom stereocenters. The zero-order valence-electron chi connectivity index (χ0n) is 15.3. The van der Waals surface area contributed by atoms with Crippen LogP contribution in [0.5, 0.6) is 0 Å².